The van der Waals surface area contributed by atoms with Gasteiger partial charge in [0.15, 0.2) is 0 Å². The first-order chi connectivity index (χ1) is 16.5. The molecule has 0 radical (unpaired) electrons. The van der Waals surface area contributed by atoms with Crippen molar-refractivity contribution >= 4 is 33.2 Å². The highest BCUT2D eigenvalue weighted by Crippen LogP contribution is 2.40. The predicted molar refractivity (Wildman–Crippen MR) is 139 cm³/mol. The number of benzene rings is 3. The van der Waals surface area contributed by atoms with Crippen LogP contribution in [0.4, 0.5) is 5.69 Å². The molecule has 1 heterocycles. The topological polar surface area (TPSA) is 75.7 Å². The minimum absolute atomic E-state index is 0.0975. The SMILES string of the molecule is Cc1ccc2c(c1)C(NC(=O)CN(c1cc(Cl)ccc1C)S(=O)(=O)c1ccccc1)CC(C)(C)O2. The zero-order chi connectivity index (χ0) is 25.4. The lowest BCUT2D eigenvalue weighted by molar-refractivity contribution is -0.120. The Bertz CT molecular complexity index is 1360. The molecule has 35 heavy (non-hydrogen) atoms. The second-order valence-corrected chi connectivity index (χ2v) is 11.8. The Balaban J connectivity index is 1.69. The zero-order valence-electron chi connectivity index (χ0n) is 20.2. The van der Waals surface area contributed by atoms with Crippen LogP contribution in [0.15, 0.2) is 71.6 Å². The number of hydrogen-bond donors (Lipinski definition) is 1. The van der Waals surface area contributed by atoms with Gasteiger partial charge in [-0.05, 0) is 63.6 Å². The summed E-state index contributed by atoms with van der Waals surface area (Å²) in [5.41, 5.74) is 2.50. The number of nitrogens with one attached hydrogen (secondary N) is 1. The number of hydrogen-bond acceptors (Lipinski definition) is 4. The van der Waals surface area contributed by atoms with Gasteiger partial charge in [0.25, 0.3) is 10.0 Å². The molecule has 0 saturated heterocycles. The van der Waals surface area contributed by atoms with Crippen LogP contribution in [0.3, 0.4) is 0 Å². The fourth-order valence-electron chi connectivity index (χ4n) is 4.34. The first-order valence-electron chi connectivity index (χ1n) is 11.4. The van der Waals surface area contributed by atoms with E-state index in [0.29, 0.717) is 22.7 Å². The smallest absolute Gasteiger partial charge is 0.264 e. The number of fused-ring (bicyclic) bond motifs is 1. The molecule has 0 bridgehead atoms. The molecule has 6 nitrogen and oxygen atoms in total. The molecule has 184 valence electrons. The molecule has 0 aliphatic carbocycles. The molecule has 3 aromatic carbocycles. The summed E-state index contributed by atoms with van der Waals surface area (Å²) < 4.78 is 34.5. The molecule has 1 aliphatic heterocycles. The van der Waals surface area contributed by atoms with E-state index in [1.54, 1.807) is 43.3 Å². The third-order valence-corrected chi connectivity index (χ3v) is 8.03. The van der Waals surface area contributed by atoms with Gasteiger partial charge < -0.3 is 10.1 Å². The second kappa shape index (κ2) is 9.55. The van der Waals surface area contributed by atoms with E-state index in [1.807, 2.05) is 39.0 Å². The van der Waals surface area contributed by atoms with Gasteiger partial charge >= 0.3 is 0 Å². The van der Waals surface area contributed by atoms with Crippen molar-refractivity contribution in [2.75, 3.05) is 10.8 Å². The number of ether oxygens (including phenoxy) is 1. The van der Waals surface area contributed by atoms with Gasteiger partial charge in [-0.3, -0.25) is 9.10 Å². The normalized spacial score (nSPS) is 16.7. The minimum Gasteiger partial charge on any atom is -0.487 e. The van der Waals surface area contributed by atoms with Crippen LogP contribution >= 0.6 is 11.6 Å². The number of nitrogens with zero attached hydrogens (tertiary/aromatic N) is 1. The number of amides is 1. The van der Waals surface area contributed by atoms with Gasteiger partial charge in [-0.25, -0.2) is 8.42 Å². The zero-order valence-corrected chi connectivity index (χ0v) is 21.8. The van der Waals surface area contributed by atoms with Crippen molar-refractivity contribution in [1.29, 1.82) is 0 Å². The van der Waals surface area contributed by atoms with Crippen molar-refractivity contribution < 1.29 is 17.9 Å². The van der Waals surface area contributed by atoms with Gasteiger partial charge in [0.05, 0.1) is 16.6 Å². The molecule has 8 heteroatoms. The number of carbonyl (C=O) groups is 1. The molecule has 0 fully saturated rings. The highest BCUT2D eigenvalue weighted by molar-refractivity contribution is 7.92. The molecule has 1 atom stereocenters. The molecular formula is C27H29ClN2O4S. The predicted octanol–water partition coefficient (Wildman–Crippen LogP) is 5.57. The molecule has 0 saturated carbocycles. The van der Waals surface area contributed by atoms with Gasteiger partial charge in [0, 0.05) is 17.0 Å². The summed E-state index contributed by atoms with van der Waals surface area (Å²) in [7, 11) is -4.03. The van der Waals surface area contributed by atoms with E-state index in [1.165, 1.54) is 12.1 Å². The van der Waals surface area contributed by atoms with Crippen LogP contribution in [0, 0.1) is 13.8 Å². The van der Waals surface area contributed by atoms with Crippen LogP contribution in [0.5, 0.6) is 5.75 Å². The maximum atomic E-state index is 13.7. The van der Waals surface area contributed by atoms with Gasteiger partial charge in [0.1, 0.15) is 17.9 Å². The average molecular weight is 513 g/mol. The van der Waals surface area contributed by atoms with Crippen molar-refractivity contribution in [3.05, 3.63) is 88.4 Å². The number of anilines is 1. The summed E-state index contributed by atoms with van der Waals surface area (Å²) in [4.78, 5) is 13.5. The highest BCUT2D eigenvalue weighted by Gasteiger charge is 2.36. The van der Waals surface area contributed by atoms with Gasteiger partial charge in [0.2, 0.25) is 5.91 Å². The van der Waals surface area contributed by atoms with Gasteiger partial charge in [-0.1, -0.05) is 53.6 Å². The number of halogens is 1. The Labute approximate surface area is 211 Å². The van der Waals surface area contributed by atoms with E-state index in [2.05, 4.69) is 5.32 Å². The van der Waals surface area contributed by atoms with Crippen LogP contribution in [0.25, 0.3) is 0 Å². The first kappa shape index (κ1) is 25.1. The number of carbonyl (C=O) groups excluding carboxylic acids is 1. The van der Waals surface area contributed by atoms with E-state index in [-0.39, 0.29) is 10.9 Å². The molecular weight excluding hydrogens is 484 g/mol. The van der Waals surface area contributed by atoms with Crippen LogP contribution in [-0.4, -0.2) is 26.5 Å². The molecule has 3 aromatic rings. The highest BCUT2D eigenvalue weighted by atomic mass is 35.5. The van der Waals surface area contributed by atoms with E-state index in [0.717, 1.165) is 21.2 Å². The lowest BCUT2D eigenvalue weighted by atomic mass is 9.89. The standard InChI is InChI=1S/C27H29ClN2O4S/c1-18-10-13-25-22(14-18)23(16-27(3,4)34-25)29-26(31)17-30(24-15-20(28)12-11-19(24)2)35(32,33)21-8-6-5-7-9-21/h5-15,23H,16-17H2,1-4H3,(H,29,31). The Morgan fingerprint density at radius 2 is 1.80 bits per heavy atom. The summed E-state index contributed by atoms with van der Waals surface area (Å²) in [5, 5.41) is 3.44. The lowest BCUT2D eigenvalue weighted by Gasteiger charge is -2.38. The molecule has 1 amide bonds. The third kappa shape index (κ3) is 5.46. The summed E-state index contributed by atoms with van der Waals surface area (Å²) >= 11 is 6.22. The van der Waals surface area contributed by atoms with E-state index in [4.69, 9.17) is 16.3 Å². The number of rotatable bonds is 6. The van der Waals surface area contributed by atoms with Crippen molar-refractivity contribution in [1.82, 2.24) is 5.32 Å². The average Bonchev–Trinajstić information content (AvgIpc) is 2.79. The fraction of sp³-hybridized carbons (Fsp3) is 0.296. The van der Waals surface area contributed by atoms with E-state index >= 15 is 0 Å². The van der Waals surface area contributed by atoms with Crippen LogP contribution in [0.1, 0.15) is 43.0 Å². The Morgan fingerprint density at radius 1 is 1.09 bits per heavy atom. The first-order valence-corrected chi connectivity index (χ1v) is 13.2. The molecule has 1 N–H and O–H groups in total. The third-order valence-electron chi connectivity index (χ3n) is 6.02. The molecule has 0 spiro atoms. The Kier molecular flexibility index (Phi) is 6.84. The molecule has 0 aromatic heterocycles. The maximum Gasteiger partial charge on any atom is 0.264 e. The maximum absolute atomic E-state index is 13.7. The van der Waals surface area contributed by atoms with Crippen molar-refractivity contribution in [2.45, 2.75) is 50.7 Å². The van der Waals surface area contributed by atoms with E-state index < -0.39 is 28.1 Å². The van der Waals surface area contributed by atoms with Gasteiger partial charge in [-0.2, -0.15) is 0 Å². The van der Waals surface area contributed by atoms with Crippen molar-refractivity contribution in [2.24, 2.45) is 0 Å². The summed E-state index contributed by atoms with van der Waals surface area (Å²) in [5.74, 6) is 0.302. The van der Waals surface area contributed by atoms with Crippen molar-refractivity contribution in [3.8, 4) is 5.75 Å². The summed E-state index contributed by atoms with van der Waals surface area (Å²) in [6, 6.07) is 18.6. The number of sulfonamides is 1. The van der Waals surface area contributed by atoms with Gasteiger partial charge in [-0.15, -0.1) is 0 Å². The molecule has 1 unspecified atom stereocenters. The fourth-order valence-corrected chi connectivity index (χ4v) is 6.01. The quantitative estimate of drug-likeness (QED) is 0.468. The largest absolute Gasteiger partial charge is 0.487 e. The van der Waals surface area contributed by atoms with Crippen LogP contribution < -0.4 is 14.4 Å². The lowest BCUT2D eigenvalue weighted by Crippen LogP contribution is -2.45. The summed E-state index contributed by atoms with van der Waals surface area (Å²) in [6.45, 7) is 7.32. The number of aryl methyl sites for hydroxylation is 2. The Hall–Kier alpha value is -3.03. The summed E-state index contributed by atoms with van der Waals surface area (Å²) in [6.07, 6.45) is 0.552. The monoisotopic (exact) mass is 512 g/mol. The van der Waals surface area contributed by atoms with Crippen LogP contribution in [-0.2, 0) is 14.8 Å². The molecule has 1 aliphatic rings. The van der Waals surface area contributed by atoms with Crippen molar-refractivity contribution in [3.63, 3.8) is 0 Å². The van der Waals surface area contributed by atoms with Crippen LogP contribution in [0.2, 0.25) is 5.02 Å². The second-order valence-electron chi connectivity index (χ2n) is 9.48. The van der Waals surface area contributed by atoms with E-state index in [9.17, 15) is 13.2 Å². The molecule has 4 rings (SSSR count). The minimum atomic E-state index is -4.03. The Morgan fingerprint density at radius 3 is 2.51 bits per heavy atom.